The van der Waals surface area contributed by atoms with E-state index in [1.54, 1.807) is 0 Å². The summed E-state index contributed by atoms with van der Waals surface area (Å²) in [4.78, 5) is 4.58. The van der Waals surface area contributed by atoms with E-state index in [1.165, 1.54) is 41.6 Å². The Morgan fingerprint density at radius 2 is 1.90 bits per heavy atom. The maximum Gasteiger partial charge on any atom is 0.0841 e. The van der Waals surface area contributed by atoms with Crippen LogP contribution in [0, 0.1) is 5.92 Å². The number of likely N-dealkylation sites (N-methyl/N-ethyl adjacent to an activating group) is 1. The summed E-state index contributed by atoms with van der Waals surface area (Å²) in [6.45, 7) is 5.20. The minimum Gasteiger partial charge on any atom is -0.390 e. The minimum atomic E-state index is -0.355. The van der Waals surface area contributed by atoms with E-state index in [2.05, 4.69) is 65.4 Å². The summed E-state index contributed by atoms with van der Waals surface area (Å²) in [6, 6.07) is 17.5. The molecule has 1 fully saturated rings. The first-order valence-electron chi connectivity index (χ1n) is 11.5. The van der Waals surface area contributed by atoms with Crippen LogP contribution in [0.4, 0.5) is 5.69 Å². The molecular weight excluding hydrogens is 372 g/mol. The number of aryl methyl sites for hydroxylation is 1. The minimum absolute atomic E-state index is 0.355. The molecule has 2 aliphatic rings. The van der Waals surface area contributed by atoms with Gasteiger partial charge in [0.2, 0.25) is 0 Å². The van der Waals surface area contributed by atoms with E-state index in [0.717, 1.165) is 51.6 Å². The molecule has 0 saturated carbocycles. The molecule has 2 aliphatic heterocycles. The Bertz CT molecular complexity index is 803. The summed E-state index contributed by atoms with van der Waals surface area (Å²) in [5.74, 6) is 0.802. The number of aliphatic hydroxyl groups excluding tert-OH is 1. The van der Waals surface area contributed by atoms with E-state index < -0.39 is 0 Å². The molecule has 0 spiro atoms. The van der Waals surface area contributed by atoms with Crippen molar-refractivity contribution in [1.82, 2.24) is 4.90 Å². The molecule has 0 aromatic heterocycles. The Labute approximate surface area is 181 Å². The average Bonchev–Trinajstić information content (AvgIpc) is 2.78. The topological polar surface area (TPSA) is 35.9 Å². The van der Waals surface area contributed by atoms with Crippen molar-refractivity contribution in [3.05, 3.63) is 65.2 Å². The monoisotopic (exact) mass is 408 g/mol. The second-order valence-electron chi connectivity index (χ2n) is 9.05. The van der Waals surface area contributed by atoms with Crippen LogP contribution in [0.15, 0.2) is 48.5 Å². The van der Waals surface area contributed by atoms with Gasteiger partial charge in [-0.3, -0.25) is 4.90 Å². The number of hydrogen-bond donors (Lipinski definition) is 1. The summed E-state index contributed by atoms with van der Waals surface area (Å²) >= 11 is 0. The Kier molecular flexibility index (Phi) is 7.42. The van der Waals surface area contributed by atoms with Gasteiger partial charge in [-0.25, -0.2) is 0 Å². The number of rotatable bonds is 8. The van der Waals surface area contributed by atoms with E-state index in [1.807, 2.05) is 0 Å². The molecule has 0 aliphatic carbocycles. The van der Waals surface area contributed by atoms with Crippen molar-refractivity contribution >= 4 is 5.69 Å². The lowest BCUT2D eigenvalue weighted by molar-refractivity contribution is 0.0640. The van der Waals surface area contributed by atoms with Crippen molar-refractivity contribution in [1.29, 1.82) is 0 Å². The summed E-state index contributed by atoms with van der Waals surface area (Å²) in [5, 5.41) is 10.7. The SMILES string of the molecule is CN(CC(O)CN1CCc2ccccc2C1)c1cccc(CCC2CCOCC2)c1. The zero-order chi connectivity index (χ0) is 20.8. The van der Waals surface area contributed by atoms with Crippen LogP contribution in [0.2, 0.25) is 0 Å². The van der Waals surface area contributed by atoms with E-state index >= 15 is 0 Å². The first kappa shape index (κ1) is 21.4. The maximum absolute atomic E-state index is 10.7. The van der Waals surface area contributed by atoms with E-state index in [9.17, 15) is 5.11 Å². The van der Waals surface area contributed by atoms with Crippen molar-refractivity contribution in [2.24, 2.45) is 5.92 Å². The van der Waals surface area contributed by atoms with Gasteiger partial charge in [0.05, 0.1) is 6.10 Å². The van der Waals surface area contributed by atoms with Crippen molar-refractivity contribution in [3.63, 3.8) is 0 Å². The maximum atomic E-state index is 10.7. The van der Waals surface area contributed by atoms with Gasteiger partial charge in [0.25, 0.3) is 0 Å². The molecule has 30 heavy (non-hydrogen) atoms. The first-order valence-corrected chi connectivity index (χ1v) is 11.5. The molecule has 2 aromatic rings. The lowest BCUT2D eigenvalue weighted by Gasteiger charge is -2.32. The summed E-state index contributed by atoms with van der Waals surface area (Å²) in [6.07, 6.45) is 5.50. The van der Waals surface area contributed by atoms with E-state index in [0.29, 0.717) is 6.54 Å². The van der Waals surface area contributed by atoms with E-state index in [4.69, 9.17) is 4.74 Å². The number of nitrogens with zero attached hydrogens (tertiary/aromatic N) is 2. The fraction of sp³-hybridized carbons (Fsp3) is 0.538. The molecule has 1 unspecified atom stereocenters. The largest absolute Gasteiger partial charge is 0.390 e. The Balaban J connectivity index is 1.26. The standard InChI is InChI=1S/C26H36N2O2/c1-27(19-26(29)20-28-14-11-23-6-2-3-7-24(23)18-28)25-8-4-5-22(17-25)10-9-21-12-15-30-16-13-21/h2-8,17,21,26,29H,9-16,18-20H2,1H3. The predicted molar refractivity (Wildman–Crippen MR) is 123 cm³/mol. The highest BCUT2D eigenvalue weighted by atomic mass is 16.5. The summed E-state index contributed by atoms with van der Waals surface area (Å²) < 4.78 is 5.48. The van der Waals surface area contributed by atoms with Gasteiger partial charge in [-0.15, -0.1) is 0 Å². The lowest BCUT2D eigenvalue weighted by atomic mass is 9.93. The number of benzene rings is 2. The zero-order valence-electron chi connectivity index (χ0n) is 18.3. The molecule has 4 nitrogen and oxygen atoms in total. The molecule has 1 saturated heterocycles. The third-order valence-electron chi connectivity index (χ3n) is 6.70. The molecule has 162 valence electrons. The lowest BCUT2D eigenvalue weighted by Crippen LogP contribution is -2.41. The quantitative estimate of drug-likeness (QED) is 0.719. The fourth-order valence-corrected chi connectivity index (χ4v) is 4.84. The molecule has 4 rings (SSSR count). The van der Waals surface area contributed by atoms with Gasteiger partial charge < -0.3 is 14.7 Å². The molecule has 0 bridgehead atoms. The molecule has 0 amide bonds. The van der Waals surface area contributed by atoms with Crippen LogP contribution in [0.1, 0.15) is 36.0 Å². The van der Waals surface area contributed by atoms with Crippen molar-refractivity contribution in [3.8, 4) is 0 Å². The number of aliphatic hydroxyl groups is 1. The molecule has 4 heteroatoms. The number of hydrogen-bond acceptors (Lipinski definition) is 4. The summed E-state index contributed by atoms with van der Waals surface area (Å²) in [5.41, 5.74) is 5.45. The molecular formula is C26H36N2O2. The smallest absolute Gasteiger partial charge is 0.0841 e. The number of anilines is 1. The summed E-state index contributed by atoms with van der Waals surface area (Å²) in [7, 11) is 2.09. The van der Waals surface area contributed by atoms with Gasteiger partial charge >= 0.3 is 0 Å². The third-order valence-corrected chi connectivity index (χ3v) is 6.70. The molecule has 2 heterocycles. The van der Waals surface area contributed by atoms with E-state index in [-0.39, 0.29) is 6.10 Å². The van der Waals surface area contributed by atoms with Crippen LogP contribution < -0.4 is 4.90 Å². The second kappa shape index (κ2) is 10.4. The van der Waals surface area contributed by atoms with Crippen LogP contribution in [0.5, 0.6) is 0 Å². The van der Waals surface area contributed by atoms with Crippen LogP contribution in [-0.2, 0) is 24.1 Å². The average molecular weight is 409 g/mol. The Morgan fingerprint density at radius 1 is 1.10 bits per heavy atom. The van der Waals surface area contributed by atoms with Gasteiger partial charge in [0.15, 0.2) is 0 Å². The molecule has 2 aromatic carbocycles. The van der Waals surface area contributed by atoms with Gasteiger partial charge in [-0.2, -0.15) is 0 Å². The van der Waals surface area contributed by atoms with Gasteiger partial charge in [0, 0.05) is 52.1 Å². The number of fused-ring (bicyclic) bond motifs is 1. The predicted octanol–water partition coefficient (Wildman–Crippen LogP) is 3.90. The van der Waals surface area contributed by atoms with Gasteiger partial charge in [0.1, 0.15) is 0 Å². The fourth-order valence-electron chi connectivity index (χ4n) is 4.84. The van der Waals surface area contributed by atoms with Crippen molar-refractivity contribution < 1.29 is 9.84 Å². The number of β-amino-alcohol motifs (C(OH)–C–C–N with tert-alkyl or cyclic N) is 1. The van der Waals surface area contributed by atoms with Crippen molar-refractivity contribution in [2.75, 3.05) is 44.8 Å². The van der Waals surface area contributed by atoms with Gasteiger partial charge in [-0.05, 0) is 66.8 Å². The van der Waals surface area contributed by atoms with Crippen LogP contribution >= 0.6 is 0 Å². The first-order chi connectivity index (χ1) is 14.7. The third kappa shape index (κ3) is 5.84. The molecule has 1 N–H and O–H groups in total. The highest BCUT2D eigenvalue weighted by Gasteiger charge is 2.19. The highest BCUT2D eigenvalue weighted by molar-refractivity contribution is 5.48. The molecule has 1 atom stereocenters. The highest BCUT2D eigenvalue weighted by Crippen LogP contribution is 2.23. The van der Waals surface area contributed by atoms with Gasteiger partial charge in [-0.1, -0.05) is 36.4 Å². The van der Waals surface area contributed by atoms with Crippen LogP contribution in [-0.4, -0.2) is 56.0 Å². The molecule has 0 radical (unpaired) electrons. The normalized spacial score (nSPS) is 18.7. The Hall–Kier alpha value is -1.88. The Morgan fingerprint density at radius 3 is 2.73 bits per heavy atom. The van der Waals surface area contributed by atoms with Crippen LogP contribution in [0.3, 0.4) is 0 Å². The zero-order valence-corrected chi connectivity index (χ0v) is 18.3. The van der Waals surface area contributed by atoms with Crippen molar-refractivity contribution in [2.45, 2.75) is 44.8 Å². The second-order valence-corrected chi connectivity index (χ2v) is 9.05. The van der Waals surface area contributed by atoms with Crippen LogP contribution in [0.25, 0.3) is 0 Å². The number of ether oxygens (including phenoxy) is 1.